The third kappa shape index (κ3) is 5.55. The summed E-state index contributed by atoms with van der Waals surface area (Å²) in [6.07, 6.45) is 4.02. The number of anilines is 1. The third-order valence-electron chi connectivity index (χ3n) is 5.47. The Morgan fingerprint density at radius 2 is 1.94 bits per heavy atom. The molecule has 2 aromatic carbocycles. The van der Waals surface area contributed by atoms with E-state index in [1.165, 1.54) is 6.33 Å². The first-order valence-electron chi connectivity index (χ1n) is 10.8. The molecule has 1 aliphatic heterocycles. The van der Waals surface area contributed by atoms with Crippen LogP contribution in [-0.2, 0) is 4.79 Å². The molecule has 0 bridgehead atoms. The van der Waals surface area contributed by atoms with Crippen LogP contribution >= 0.6 is 0 Å². The number of benzene rings is 2. The van der Waals surface area contributed by atoms with Gasteiger partial charge in [-0.15, -0.1) is 0 Å². The Bertz CT molecular complexity index is 1180. The number of carbonyl (C=O) groups is 1. The van der Waals surface area contributed by atoms with Gasteiger partial charge in [0.1, 0.15) is 23.6 Å². The van der Waals surface area contributed by atoms with Crippen molar-refractivity contribution in [3.8, 4) is 23.3 Å². The smallest absolute Gasteiger partial charge is 0.298 e. The van der Waals surface area contributed by atoms with Crippen LogP contribution < -0.4 is 10.1 Å². The summed E-state index contributed by atoms with van der Waals surface area (Å²) >= 11 is 0. The van der Waals surface area contributed by atoms with Gasteiger partial charge in [0, 0.05) is 31.4 Å². The van der Waals surface area contributed by atoms with Crippen molar-refractivity contribution < 1.29 is 9.53 Å². The minimum absolute atomic E-state index is 0.121. The van der Waals surface area contributed by atoms with E-state index in [0.717, 1.165) is 17.7 Å². The molecule has 3 aromatic rings. The Morgan fingerprint density at radius 3 is 2.70 bits per heavy atom. The maximum Gasteiger partial charge on any atom is 0.298 e. The van der Waals surface area contributed by atoms with Crippen LogP contribution in [0.15, 0.2) is 67.1 Å². The predicted molar refractivity (Wildman–Crippen MR) is 128 cm³/mol. The second-order valence-corrected chi connectivity index (χ2v) is 7.76. The molecule has 1 saturated heterocycles. The zero-order valence-electron chi connectivity index (χ0n) is 18.4. The van der Waals surface area contributed by atoms with Crippen molar-refractivity contribution in [1.82, 2.24) is 14.9 Å². The van der Waals surface area contributed by atoms with Gasteiger partial charge in [-0.1, -0.05) is 24.1 Å². The molecule has 2 heterocycles. The molecule has 2 N–H and O–H groups in total. The average Bonchev–Trinajstić information content (AvgIpc) is 3.33. The summed E-state index contributed by atoms with van der Waals surface area (Å²) in [5.41, 5.74) is 1.69. The molecule has 0 spiro atoms. The molecule has 0 aliphatic carbocycles. The zero-order chi connectivity index (χ0) is 23.0. The molecule has 1 atom stereocenters. The molecule has 1 fully saturated rings. The molecule has 166 valence electrons. The number of amides is 1. The van der Waals surface area contributed by atoms with Crippen molar-refractivity contribution in [2.24, 2.45) is 5.92 Å². The van der Waals surface area contributed by atoms with E-state index in [2.05, 4.69) is 27.1 Å². The first-order chi connectivity index (χ1) is 16.1. The van der Waals surface area contributed by atoms with Crippen LogP contribution in [0.3, 0.4) is 0 Å². The highest BCUT2D eigenvalue weighted by atomic mass is 16.5. The van der Waals surface area contributed by atoms with Gasteiger partial charge in [0.15, 0.2) is 0 Å². The van der Waals surface area contributed by atoms with Crippen molar-refractivity contribution in [3.63, 3.8) is 0 Å². The lowest BCUT2D eigenvalue weighted by atomic mass is 10.0. The topological polar surface area (TPSA) is 91.2 Å². The summed E-state index contributed by atoms with van der Waals surface area (Å²) in [6.45, 7) is 3.71. The zero-order valence-corrected chi connectivity index (χ0v) is 18.4. The van der Waals surface area contributed by atoms with E-state index in [4.69, 9.17) is 10.1 Å². The standard InChI is InChI=1S/C26H25N5O2/c1-2-6-24(32)31-14-13-19(17-31)15-29-26-23(16-28-18-30-26)25(27)20-9-11-22(12-10-20)33-21-7-4-3-5-8-21/h3-5,7-12,16,18-19,27H,13-15,17H2,1H3,(H,28,29,30)/t19-/m1/s1. The van der Waals surface area contributed by atoms with Crippen LogP contribution in [0.25, 0.3) is 0 Å². The Kier molecular flexibility index (Phi) is 6.96. The molecule has 0 radical (unpaired) electrons. The molecule has 4 rings (SSSR count). The van der Waals surface area contributed by atoms with E-state index >= 15 is 0 Å². The Labute approximate surface area is 193 Å². The number of nitrogens with one attached hydrogen (secondary N) is 2. The summed E-state index contributed by atoms with van der Waals surface area (Å²) in [6, 6.07) is 17.0. The molecule has 1 aliphatic rings. The monoisotopic (exact) mass is 439 g/mol. The van der Waals surface area contributed by atoms with Gasteiger partial charge in [-0.25, -0.2) is 9.97 Å². The van der Waals surface area contributed by atoms with Crippen molar-refractivity contribution in [3.05, 3.63) is 78.2 Å². The van der Waals surface area contributed by atoms with Crippen LogP contribution in [0.2, 0.25) is 0 Å². The maximum atomic E-state index is 12.0. The molecule has 7 nitrogen and oxygen atoms in total. The van der Waals surface area contributed by atoms with E-state index in [9.17, 15) is 4.79 Å². The average molecular weight is 440 g/mol. The van der Waals surface area contributed by atoms with Gasteiger partial charge in [0.05, 0.1) is 11.3 Å². The number of carbonyl (C=O) groups excluding carboxylic acids is 1. The number of likely N-dealkylation sites (tertiary alicyclic amines) is 1. The highest BCUT2D eigenvalue weighted by Gasteiger charge is 2.25. The minimum atomic E-state index is -0.121. The summed E-state index contributed by atoms with van der Waals surface area (Å²) < 4.78 is 5.83. The van der Waals surface area contributed by atoms with Gasteiger partial charge in [-0.05, 0) is 61.6 Å². The summed E-state index contributed by atoms with van der Waals surface area (Å²) in [4.78, 5) is 22.2. The lowest BCUT2D eigenvalue weighted by molar-refractivity contribution is -0.124. The summed E-state index contributed by atoms with van der Waals surface area (Å²) in [5, 5.41) is 12.0. The lowest BCUT2D eigenvalue weighted by Gasteiger charge is -2.16. The molecule has 1 aromatic heterocycles. The highest BCUT2D eigenvalue weighted by Crippen LogP contribution is 2.24. The van der Waals surface area contributed by atoms with Gasteiger partial charge in [0.25, 0.3) is 5.91 Å². The molecular weight excluding hydrogens is 414 g/mol. The lowest BCUT2D eigenvalue weighted by Crippen LogP contribution is -2.28. The molecule has 1 amide bonds. The van der Waals surface area contributed by atoms with Gasteiger partial charge in [0.2, 0.25) is 0 Å². The maximum absolute atomic E-state index is 12.0. The number of hydrogen-bond donors (Lipinski definition) is 2. The first kappa shape index (κ1) is 22.0. The molecule has 0 saturated carbocycles. The molecule has 33 heavy (non-hydrogen) atoms. The summed E-state index contributed by atoms with van der Waals surface area (Å²) in [5.74, 6) is 7.52. The van der Waals surface area contributed by atoms with Crippen molar-refractivity contribution in [1.29, 1.82) is 5.41 Å². The van der Waals surface area contributed by atoms with E-state index in [-0.39, 0.29) is 5.91 Å². The van der Waals surface area contributed by atoms with Crippen LogP contribution in [0.5, 0.6) is 11.5 Å². The van der Waals surface area contributed by atoms with Crippen LogP contribution in [-0.4, -0.2) is 46.1 Å². The largest absolute Gasteiger partial charge is 0.457 e. The van der Waals surface area contributed by atoms with E-state index in [0.29, 0.717) is 48.4 Å². The Hall–Kier alpha value is -4.18. The van der Waals surface area contributed by atoms with Crippen molar-refractivity contribution >= 4 is 17.4 Å². The quantitative estimate of drug-likeness (QED) is 0.429. The summed E-state index contributed by atoms with van der Waals surface area (Å²) in [7, 11) is 0. The van der Waals surface area contributed by atoms with Crippen LogP contribution in [0, 0.1) is 23.2 Å². The van der Waals surface area contributed by atoms with Gasteiger partial charge < -0.3 is 15.0 Å². The van der Waals surface area contributed by atoms with Crippen molar-refractivity contribution in [2.45, 2.75) is 13.3 Å². The SMILES string of the molecule is CC#CC(=O)N1CC[C@H](CNc2ncncc2C(=N)c2ccc(Oc3ccccc3)cc2)C1. The van der Waals surface area contributed by atoms with Gasteiger partial charge in [-0.2, -0.15) is 0 Å². The molecular formula is C26H25N5O2. The number of ether oxygens (including phenoxy) is 1. The Balaban J connectivity index is 1.40. The fraction of sp³-hybridized carbons (Fsp3) is 0.231. The first-order valence-corrected chi connectivity index (χ1v) is 10.8. The van der Waals surface area contributed by atoms with E-state index in [1.807, 2.05) is 54.6 Å². The van der Waals surface area contributed by atoms with E-state index in [1.54, 1.807) is 18.0 Å². The van der Waals surface area contributed by atoms with Crippen molar-refractivity contribution in [2.75, 3.05) is 25.0 Å². The molecule has 7 heteroatoms. The number of para-hydroxylation sites is 1. The van der Waals surface area contributed by atoms with Crippen LogP contribution in [0.4, 0.5) is 5.82 Å². The Morgan fingerprint density at radius 1 is 1.18 bits per heavy atom. The number of aromatic nitrogens is 2. The van der Waals surface area contributed by atoms with E-state index < -0.39 is 0 Å². The second kappa shape index (κ2) is 10.4. The number of nitrogens with zero attached hydrogens (tertiary/aromatic N) is 3. The number of hydrogen-bond acceptors (Lipinski definition) is 6. The van der Waals surface area contributed by atoms with Crippen LogP contribution in [0.1, 0.15) is 24.5 Å². The van der Waals surface area contributed by atoms with Gasteiger partial charge >= 0.3 is 0 Å². The normalized spacial score (nSPS) is 14.8. The predicted octanol–water partition coefficient (Wildman–Crippen LogP) is 3.97. The fourth-order valence-corrected chi connectivity index (χ4v) is 3.73. The minimum Gasteiger partial charge on any atom is -0.457 e. The molecule has 0 unspecified atom stereocenters. The number of rotatable bonds is 7. The van der Waals surface area contributed by atoms with Gasteiger partial charge in [-0.3, -0.25) is 10.2 Å². The highest BCUT2D eigenvalue weighted by molar-refractivity contribution is 6.13. The fourth-order valence-electron chi connectivity index (χ4n) is 3.73. The second-order valence-electron chi connectivity index (χ2n) is 7.76. The third-order valence-corrected chi connectivity index (χ3v) is 5.47.